The van der Waals surface area contributed by atoms with Gasteiger partial charge in [0.1, 0.15) is 5.92 Å². The number of hydrogen-bond donors (Lipinski definition) is 0. The molecule has 46 heavy (non-hydrogen) atoms. The second kappa shape index (κ2) is 13.1. The second-order valence-corrected chi connectivity index (χ2v) is 12.6. The molecule has 6 rings (SSSR count). The van der Waals surface area contributed by atoms with Gasteiger partial charge in [-0.1, -0.05) is 78.3 Å². The molecule has 2 aromatic rings. The fourth-order valence-electron chi connectivity index (χ4n) is 7.82. The van der Waals surface area contributed by atoms with E-state index in [1.54, 1.807) is 0 Å². The molecule has 8 bridgehead atoms. The van der Waals surface area contributed by atoms with Gasteiger partial charge < -0.3 is 30.1 Å². The number of carbonyl (C=O) groups is 3. The summed E-state index contributed by atoms with van der Waals surface area (Å²) in [4.78, 5) is 49.8. The van der Waals surface area contributed by atoms with Crippen molar-refractivity contribution in [1.82, 2.24) is 9.97 Å². The average molecular weight is 633 g/mol. The van der Waals surface area contributed by atoms with Crippen LogP contribution in [0.25, 0.3) is 40.5 Å². The van der Waals surface area contributed by atoms with Crippen molar-refractivity contribution in [3.63, 3.8) is 0 Å². The van der Waals surface area contributed by atoms with Crippen LogP contribution in [-0.4, -0.2) is 79.2 Å². The van der Waals surface area contributed by atoms with Crippen LogP contribution in [0.2, 0.25) is 0 Å². The molecule has 2 aromatic heterocycles. The molecule has 4 aliphatic rings. The van der Waals surface area contributed by atoms with Gasteiger partial charge >= 0.3 is 35.0 Å². The first kappa shape index (κ1) is 34.2. The van der Waals surface area contributed by atoms with Gasteiger partial charge in [-0.3, -0.25) is 14.4 Å². The van der Waals surface area contributed by atoms with E-state index in [4.69, 9.17) is 30.1 Å². The molecule has 0 amide bonds. The Bertz CT molecular complexity index is 1900. The molecule has 0 N–H and O–H groups in total. The monoisotopic (exact) mass is 632 g/mol. The van der Waals surface area contributed by atoms with Crippen molar-refractivity contribution in [3.05, 3.63) is 72.0 Å². The number of ketones is 1. The Kier molecular flexibility index (Phi) is 9.76. The number of nitrogens with zero attached hydrogens (tertiary/aromatic N) is 4. The molecule has 1 saturated heterocycles. The predicted molar refractivity (Wildman–Crippen MR) is 179 cm³/mol. The predicted octanol–water partition coefficient (Wildman–Crippen LogP) is 1.85. The maximum absolute atomic E-state index is 14.1. The zero-order valence-corrected chi connectivity index (χ0v) is 29.1. The van der Waals surface area contributed by atoms with Crippen LogP contribution in [0.1, 0.15) is 67.1 Å². The minimum absolute atomic E-state index is 0. The van der Waals surface area contributed by atoms with E-state index in [9.17, 15) is 14.4 Å². The first-order valence-electron chi connectivity index (χ1n) is 15.7. The second-order valence-electron chi connectivity index (χ2n) is 12.6. The summed E-state index contributed by atoms with van der Waals surface area (Å²) in [5.41, 5.74) is 6.11. The van der Waals surface area contributed by atoms with Gasteiger partial charge in [0, 0.05) is 12.0 Å². The first-order valence-corrected chi connectivity index (χ1v) is 15.7. The Labute approximate surface area is 285 Å². The van der Waals surface area contributed by atoms with Gasteiger partial charge in [-0.2, -0.15) is 0 Å². The van der Waals surface area contributed by atoms with Crippen molar-refractivity contribution < 1.29 is 23.9 Å². The number of carbonyl (C=O) groups excluding carboxylic acids is 3. The third-order valence-corrected chi connectivity index (χ3v) is 10.4. The average Bonchev–Trinajstić information content (AvgIpc) is 3.76. The van der Waals surface area contributed by atoms with E-state index >= 15 is 0 Å². The fraction of sp³-hybridized carbons (Fsp3) is 0.472. The number of aromatic nitrogens is 2. The van der Waals surface area contributed by atoms with Crippen LogP contribution in [0.4, 0.5) is 0 Å². The molecule has 1 aliphatic carbocycles. The summed E-state index contributed by atoms with van der Waals surface area (Å²) in [5.74, 6) is -2.58. The standard InChI is InChI=1S/C36H40N4O5.Mg/c1-9-20-16(3)23-13-25-18(5)22(11-12-29(41)44-7)33(39-25)31-32(36(43)45-8)35(42)30-19(6)26(40-34(30)31)15-28-21(10-2)17(4)24(38-28)14-27(20)37-23;/h9,13-15,18,22,24-25,28,32-33H,1,10-12H2,2-8H3;/q-4;+2/b23-13-,26-15-,27-14-;. The van der Waals surface area contributed by atoms with E-state index in [1.807, 2.05) is 26.0 Å². The molecule has 0 radical (unpaired) electrons. The van der Waals surface area contributed by atoms with Gasteiger partial charge in [-0.15, -0.1) is 51.7 Å². The summed E-state index contributed by atoms with van der Waals surface area (Å²) < 4.78 is 10.2. The van der Waals surface area contributed by atoms with Crippen LogP contribution in [0.15, 0.2) is 17.7 Å². The number of ether oxygens (including phenoxy) is 2. The maximum atomic E-state index is 14.1. The number of rotatable bonds is 6. The van der Waals surface area contributed by atoms with E-state index < -0.39 is 17.9 Å². The molecule has 0 spiro atoms. The van der Waals surface area contributed by atoms with Crippen LogP contribution in [-0.2, 0) is 19.1 Å². The number of Topliss-reactive ketones (excluding diaryl/α,β-unsaturated/α-hetero) is 1. The van der Waals surface area contributed by atoms with E-state index in [1.165, 1.54) is 25.4 Å². The Morgan fingerprint density at radius 2 is 1.65 bits per heavy atom. The Morgan fingerprint density at radius 3 is 2.30 bits per heavy atom. The summed E-state index contributed by atoms with van der Waals surface area (Å²) >= 11 is 0. The molecule has 238 valence electrons. The molecular weight excluding hydrogens is 593 g/mol. The zero-order chi connectivity index (χ0) is 32.3. The Balaban J connectivity index is 0.00000417. The largest absolute Gasteiger partial charge is 2.00 e. The summed E-state index contributed by atoms with van der Waals surface area (Å²) in [6, 6.07) is -1.20. The van der Waals surface area contributed by atoms with Crippen molar-refractivity contribution in [2.75, 3.05) is 14.2 Å². The van der Waals surface area contributed by atoms with Crippen molar-refractivity contribution in [3.8, 4) is 0 Å². The molecule has 3 aliphatic heterocycles. The number of methoxy groups -OCH3 is 2. The van der Waals surface area contributed by atoms with Gasteiger partial charge in [0.25, 0.3) is 0 Å². The summed E-state index contributed by atoms with van der Waals surface area (Å²) in [6.07, 6.45) is 9.56. The van der Waals surface area contributed by atoms with Crippen LogP contribution in [0.5, 0.6) is 0 Å². The summed E-state index contributed by atoms with van der Waals surface area (Å²) in [5, 5.41) is 13.3. The molecule has 0 saturated carbocycles. The maximum Gasteiger partial charge on any atom is 2.00 e. The summed E-state index contributed by atoms with van der Waals surface area (Å²) in [6.45, 7) is 14.4. The van der Waals surface area contributed by atoms with Crippen LogP contribution in [0, 0.1) is 31.6 Å². The van der Waals surface area contributed by atoms with Crippen LogP contribution in [0.3, 0.4) is 0 Å². The van der Waals surface area contributed by atoms with Crippen molar-refractivity contribution >= 4 is 70.7 Å². The Morgan fingerprint density at radius 1 is 0.957 bits per heavy atom. The van der Waals surface area contributed by atoms with Crippen molar-refractivity contribution in [1.29, 1.82) is 0 Å². The van der Waals surface area contributed by atoms with E-state index in [2.05, 4.69) is 39.5 Å². The summed E-state index contributed by atoms with van der Waals surface area (Å²) in [7, 11) is 2.67. The third kappa shape index (κ3) is 5.37. The van der Waals surface area contributed by atoms with Crippen LogP contribution < -0.4 is 31.4 Å². The molecule has 1 fully saturated rings. The van der Waals surface area contributed by atoms with Gasteiger partial charge in [0.05, 0.1) is 14.2 Å². The molecule has 5 heterocycles. The van der Waals surface area contributed by atoms with Gasteiger partial charge in [0.2, 0.25) is 0 Å². The van der Waals surface area contributed by atoms with E-state index in [-0.39, 0.29) is 71.2 Å². The third-order valence-electron chi connectivity index (χ3n) is 10.4. The van der Waals surface area contributed by atoms with Gasteiger partial charge in [-0.25, -0.2) is 0 Å². The molecule has 9 nitrogen and oxygen atoms in total. The minimum Gasteiger partial charge on any atom is -0.658 e. The van der Waals surface area contributed by atoms with Crippen molar-refractivity contribution in [2.45, 2.75) is 78.0 Å². The van der Waals surface area contributed by atoms with Crippen molar-refractivity contribution in [2.24, 2.45) is 17.8 Å². The number of fused-ring (bicyclic) bond motifs is 8. The minimum atomic E-state index is -1.14. The fourth-order valence-corrected chi connectivity index (χ4v) is 7.82. The Hall–Kier alpha value is -3.18. The van der Waals surface area contributed by atoms with E-state index in [0.717, 1.165) is 33.8 Å². The molecule has 7 unspecified atom stereocenters. The number of esters is 2. The van der Waals surface area contributed by atoms with Gasteiger partial charge in [-0.05, 0) is 39.2 Å². The van der Waals surface area contributed by atoms with Gasteiger partial charge in [0.15, 0.2) is 5.78 Å². The molecule has 10 heteroatoms. The number of hydrogen-bond acceptors (Lipinski definition) is 5. The first-order chi connectivity index (χ1) is 21.5. The zero-order valence-electron chi connectivity index (χ0n) is 27.7. The molecular formula is C36H40MgN4O5-2. The topological polar surface area (TPSA) is 126 Å². The van der Waals surface area contributed by atoms with Crippen LogP contribution >= 0.6 is 0 Å². The molecule has 0 aromatic carbocycles. The molecule has 7 atom stereocenters. The SMILES string of the molecule is C=Cc1c(C)/c2[n-]/c1=C\C1[N-]C(/C=c3\[n-]c4c(c3C)C(=O)C(C(=O)OC)C=4C3[N-]C(\C=2)C(C)C3CCC(=O)OC)C(CC)=C1C.[Mg+2]. The quantitative estimate of drug-likeness (QED) is 0.206. The normalized spacial score (nSPS) is 30.1. The smallest absolute Gasteiger partial charge is 0.658 e. The van der Waals surface area contributed by atoms with E-state index in [0.29, 0.717) is 28.3 Å².